The Labute approximate surface area is 137 Å². The van der Waals surface area contributed by atoms with Gasteiger partial charge in [-0.3, -0.25) is 10.1 Å². The first-order valence-corrected chi connectivity index (χ1v) is 6.95. The molecule has 0 radical (unpaired) electrons. The van der Waals surface area contributed by atoms with Crippen molar-refractivity contribution in [2.75, 3.05) is 7.11 Å². The predicted octanol–water partition coefficient (Wildman–Crippen LogP) is 3.22. The molecule has 7 heteroatoms. The van der Waals surface area contributed by atoms with Crippen LogP contribution in [0.1, 0.15) is 21.5 Å². The lowest BCUT2D eigenvalue weighted by atomic mass is 10.1. The first-order valence-electron chi connectivity index (χ1n) is 6.95. The predicted molar refractivity (Wildman–Crippen MR) is 86.8 cm³/mol. The number of nitrogens with zero attached hydrogens (tertiary/aromatic N) is 1. The van der Waals surface area contributed by atoms with Gasteiger partial charge < -0.3 is 14.6 Å². The minimum Gasteiger partial charge on any atom is -0.493 e. The second kappa shape index (κ2) is 7.77. The molecule has 0 heterocycles. The zero-order valence-electron chi connectivity index (χ0n) is 12.8. The minimum absolute atomic E-state index is 0.166. The van der Waals surface area contributed by atoms with Crippen molar-refractivity contribution in [2.24, 2.45) is 0 Å². The number of hydrogen-bond acceptors (Lipinski definition) is 5. The van der Waals surface area contributed by atoms with Crippen molar-refractivity contribution in [1.82, 2.24) is 0 Å². The van der Waals surface area contributed by atoms with Gasteiger partial charge in [0.1, 0.15) is 6.61 Å². The van der Waals surface area contributed by atoms with Crippen LogP contribution in [0, 0.1) is 10.1 Å². The summed E-state index contributed by atoms with van der Waals surface area (Å²) >= 11 is 0. The van der Waals surface area contributed by atoms with Gasteiger partial charge in [0.25, 0.3) is 0 Å². The van der Waals surface area contributed by atoms with Gasteiger partial charge >= 0.3 is 5.97 Å². The van der Waals surface area contributed by atoms with Crippen LogP contribution in [-0.4, -0.2) is 23.1 Å². The third-order valence-electron chi connectivity index (χ3n) is 3.19. The highest BCUT2D eigenvalue weighted by Crippen LogP contribution is 2.32. The molecule has 0 bridgehead atoms. The van der Waals surface area contributed by atoms with Gasteiger partial charge in [0.05, 0.1) is 17.6 Å². The molecule has 2 aromatic carbocycles. The number of aromatic carboxylic acids is 1. The van der Waals surface area contributed by atoms with Crippen LogP contribution in [0.25, 0.3) is 6.08 Å². The van der Waals surface area contributed by atoms with Crippen LogP contribution in [0.4, 0.5) is 0 Å². The van der Waals surface area contributed by atoms with Gasteiger partial charge in [-0.15, -0.1) is 0 Å². The molecule has 124 valence electrons. The fraction of sp³-hybridized carbons (Fsp3) is 0.118. The molecule has 0 spiro atoms. The number of rotatable bonds is 7. The fourth-order valence-corrected chi connectivity index (χ4v) is 2.02. The van der Waals surface area contributed by atoms with Gasteiger partial charge in [0.15, 0.2) is 11.5 Å². The van der Waals surface area contributed by atoms with Crippen LogP contribution >= 0.6 is 0 Å². The van der Waals surface area contributed by atoms with E-state index < -0.39 is 10.9 Å². The van der Waals surface area contributed by atoms with Crippen LogP contribution in [-0.2, 0) is 6.61 Å². The summed E-state index contributed by atoms with van der Waals surface area (Å²) in [5.74, 6) is -0.178. The van der Waals surface area contributed by atoms with E-state index in [2.05, 4.69) is 0 Å². The first-order chi connectivity index (χ1) is 11.5. The van der Waals surface area contributed by atoms with Crippen molar-refractivity contribution < 1.29 is 24.3 Å². The number of benzene rings is 2. The molecule has 0 aromatic heterocycles. The lowest BCUT2D eigenvalue weighted by Crippen LogP contribution is -2.01. The lowest BCUT2D eigenvalue weighted by Gasteiger charge is -2.13. The van der Waals surface area contributed by atoms with Crippen molar-refractivity contribution in [2.45, 2.75) is 6.61 Å². The number of methoxy groups -OCH3 is 1. The standard InChI is InChI=1S/C17H15NO6/c1-23-15-4-2-3-13(9-10-18(21)22)16(15)24-11-12-5-7-14(8-6-12)17(19)20/h2-10H,11H2,1H3,(H,19,20)/b10-9+. The summed E-state index contributed by atoms with van der Waals surface area (Å²) in [6.45, 7) is 0.166. The fourth-order valence-electron chi connectivity index (χ4n) is 2.02. The molecule has 0 saturated carbocycles. The number of nitro groups is 1. The molecule has 1 N–H and O–H groups in total. The molecule has 0 aliphatic heterocycles. The molecule has 7 nitrogen and oxygen atoms in total. The summed E-state index contributed by atoms with van der Waals surface area (Å²) in [6, 6.07) is 11.3. The molecule has 0 fully saturated rings. The smallest absolute Gasteiger partial charge is 0.335 e. The van der Waals surface area contributed by atoms with Gasteiger partial charge in [0, 0.05) is 11.6 Å². The molecule has 0 amide bonds. The zero-order chi connectivity index (χ0) is 17.5. The number of carbonyl (C=O) groups is 1. The Hall–Kier alpha value is -3.35. The van der Waals surface area contributed by atoms with Crippen molar-refractivity contribution in [1.29, 1.82) is 0 Å². The molecular formula is C17H15NO6. The van der Waals surface area contributed by atoms with Gasteiger partial charge in [-0.1, -0.05) is 24.3 Å². The monoisotopic (exact) mass is 329 g/mol. The van der Waals surface area contributed by atoms with Crippen molar-refractivity contribution >= 4 is 12.0 Å². The Morgan fingerprint density at radius 3 is 2.54 bits per heavy atom. The van der Waals surface area contributed by atoms with E-state index in [1.54, 1.807) is 30.3 Å². The maximum atomic E-state index is 10.8. The van der Waals surface area contributed by atoms with Gasteiger partial charge in [0.2, 0.25) is 6.20 Å². The number of para-hydroxylation sites is 1. The molecule has 0 unspecified atom stereocenters. The topological polar surface area (TPSA) is 98.9 Å². The van der Waals surface area contributed by atoms with Gasteiger partial charge in [-0.05, 0) is 23.8 Å². The van der Waals surface area contributed by atoms with Crippen molar-refractivity contribution in [3.8, 4) is 11.5 Å². The highest BCUT2D eigenvalue weighted by Gasteiger charge is 2.10. The minimum atomic E-state index is -1.00. The van der Waals surface area contributed by atoms with Crippen LogP contribution in [0.2, 0.25) is 0 Å². The van der Waals surface area contributed by atoms with E-state index in [-0.39, 0.29) is 12.2 Å². The Morgan fingerprint density at radius 2 is 1.96 bits per heavy atom. The summed E-state index contributed by atoms with van der Waals surface area (Å²) < 4.78 is 11.0. The second-order valence-electron chi connectivity index (χ2n) is 4.77. The van der Waals surface area contributed by atoms with E-state index >= 15 is 0 Å². The van der Waals surface area contributed by atoms with Gasteiger partial charge in [-0.25, -0.2) is 4.79 Å². The third kappa shape index (κ3) is 4.33. The lowest BCUT2D eigenvalue weighted by molar-refractivity contribution is -0.400. The van der Waals surface area contributed by atoms with Crippen molar-refractivity contribution in [3.05, 3.63) is 75.5 Å². The first kappa shape index (κ1) is 17.0. The second-order valence-corrected chi connectivity index (χ2v) is 4.77. The summed E-state index contributed by atoms with van der Waals surface area (Å²) in [4.78, 5) is 20.8. The molecule has 0 atom stereocenters. The average molecular weight is 329 g/mol. The van der Waals surface area contributed by atoms with E-state index in [0.717, 1.165) is 11.8 Å². The largest absolute Gasteiger partial charge is 0.493 e. The summed E-state index contributed by atoms with van der Waals surface area (Å²) in [7, 11) is 1.48. The van der Waals surface area contributed by atoms with E-state index in [1.165, 1.54) is 25.3 Å². The van der Waals surface area contributed by atoms with Crippen LogP contribution < -0.4 is 9.47 Å². The Balaban J connectivity index is 2.21. The number of carboxylic acid groups (broad SMARTS) is 1. The average Bonchev–Trinajstić information content (AvgIpc) is 2.58. The van der Waals surface area contributed by atoms with Crippen molar-refractivity contribution in [3.63, 3.8) is 0 Å². The van der Waals surface area contributed by atoms with Crippen LogP contribution in [0.15, 0.2) is 48.7 Å². The molecule has 0 aliphatic carbocycles. The Kier molecular flexibility index (Phi) is 5.51. The number of ether oxygens (including phenoxy) is 2. The van der Waals surface area contributed by atoms with E-state index in [4.69, 9.17) is 14.6 Å². The Bertz CT molecular complexity index is 767. The maximum Gasteiger partial charge on any atom is 0.335 e. The number of hydrogen-bond donors (Lipinski definition) is 1. The highest BCUT2D eigenvalue weighted by molar-refractivity contribution is 5.87. The third-order valence-corrected chi connectivity index (χ3v) is 3.19. The summed E-state index contributed by atoms with van der Waals surface area (Å²) in [6.07, 6.45) is 2.15. The Morgan fingerprint density at radius 1 is 1.25 bits per heavy atom. The summed E-state index contributed by atoms with van der Waals surface area (Å²) in [5, 5.41) is 19.4. The van der Waals surface area contributed by atoms with E-state index in [9.17, 15) is 14.9 Å². The molecule has 0 saturated heterocycles. The molecule has 2 aromatic rings. The zero-order valence-corrected chi connectivity index (χ0v) is 12.8. The molecule has 24 heavy (non-hydrogen) atoms. The number of carboxylic acids is 1. The van der Waals surface area contributed by atoms with Crippen LogP contribution in [0.3, 0.4) is 0 Å². The van der Waals surface area contributed by atoms with E-state index in [0.29, 0.717) is 17.1 Å². The molecule has 2 rings (SSSR count). The highest BCUT2D eigenvalue weighted by atomic mass is 16.6. The van der Waals surface area contributed by atoms with Gasteiger partial charge in [-0.2, -0.15) is 0 Å². The SMILES string of the molecule is COc1cccc(/C=C/[N+](=O)[O-])c1OCc1ccc(C(=O)O)cc1. The quantitative estimate of drug-likeness (QED) is 0.618. The summed E-state index contributed by atoms with van der Waals surface area (Å²) in [5.41, 5.74) is 1.45. The van der Waals surface area contributed by atoms with E-state index in [1.807, 2.05) is 0 Å². The molecule has 0 aliphatic rings. The normalized spacial score (nSPS) is 10.5. The molecular weight excluding hydrogens is 314 g/mol. The maximum absolute atomic E-state index is 10.8. The van der Waals surface area contributed by atoms with Crippen LogP contribution in [0.5, 0.6) is 11.5 Å².